The Balaban J connectivity index is 2.73. The lowest BCUT2D eigenvalue weighted by Gasteiger charge is -2.12. The summed E-state index contributed by atoms with van der Waals surface area (Å²) in [6.07, 6.45) is -2.59. The Bertz CT molecular complexity index is 305. The average molecular weight is 218 g/mol. The topological polar surface area (TPSA) is 24.9 Å². The van der Waals surface area contributed by atoms with Crippen LogP contribution in [0.3, 0.4) is 0 Å². The Morgan fingerprint density at radius 3 is 2.47 bits per heavy atom. The largest absolute Gasteiger partial charge is 0.417 e. The van der Waals surface area contributed by atoms with Gasteiger partial charge in [-0.2, -0.15) is 13.2 Å². The molecule has 1 aromatic heterocycles. The van der Waals surface area contributed by atoms with Crippen LogP contribution in [-0.2, 0) is 6.18 Å². The normalized spacial score (nSPS) is 13.7. The molecule has 0 aliphatic carbocycles. The van der Waals surface area contributed by atoms with Crippen molar-refractivity contribution in [3.8, 4) is 0 Å². The first-order valence-corrected chi connectivity index (χ1v) is 4.73. The van der Waals surface area contributed by atoms with Gasteiger partial charge in [-0.25, -0.2) is 4.98 Å². The molecule has 1 aromatic rings. The predicted molar refractivity (Wildman–Crippen MR) is 52.6 cm³/mol. The van der Waals surface area contributed by atoms with Gasteiger partial charge in [-0.1, -0.05) is 6.92 Å². The minimum atomic E-state index is -4.32. The minimum absolute atomic E-state index is 0.203. The van der Waals surface area contributed by atoms with Gasteiger partial charge in [-0.15, -0.1) is 0 Å². The molecule has 2 nitrogen and oxygen atoms in total. The Hall–Kier alpha value is -1.26. The molecule has 84 valence electrons. The molecule has 0 unspecified atom stereocenters. The number of anilines is 1. The molecular formula is C10H13F3N2. The van der Waals surface area contributed by atoms with Crippen LogP contribution in [0.5, 0.6) is 0 Å². The van der Waals surface area contributed by atoms with Crippen LogP contribution in [0.15, 0.2) is 18.3 Å². The number of halogens is 3. The fourth-order valence-corrected chi connectivity index (χ4v) is 1.00. The Morgan fingerprint density at radius 2 is 2.07 bits per heavy atom. The van der Waals surface area contributed by atoms with E-state index >= 15 is 0 Å². The highest BCUT2D eigenvalue weighted by molar-refractivity contribution is 5.36. The lowest BCUT2D eigenvalue weighted by Crippen LogP contribution is -2.15. The van der Waals surface area contributed by atoms with Crippen molar-refractivity contribution < 1.29 is 13.2 Å². The van der Waals surface area contributed by atoms with Crippen LogP contribution in [0.2, 0.25) is 0 Å². The van der Waals surface area contributed by atoms with Crippen LogP contribution in [0.4, 0.5) is 19.0 Å². The molecule has 1 rings (SSSR count). The maximum Gasteiger partial charge on any atom is 0.417 e. The van der Waals surface area contributed by atoms with E-state index in [1.165, 1.54) is 6.07 Å². The Morgan fingerprint density at radius 1 is 1.40 bits per heavy atom. The highest BCUT2D eigenvalue weighted by Crippen LogP contribution is 2.28. The molecule has 0 aliphatic rings. The molecule has 0 amide bonds. The van der Waals surface area contributed by atoms with Crippen LogP contribution >= 0.6 is 0 Å². The number of hydrogen-bond donors (Lipinski definition) is 1. The molecule has 5 heteroatoms. The van der Waals surface area contributed by atoms with Crippen molar-refractivity contribution in [2.24, 2.45) is 0 Å². The van der Waals surface area contributed by atoms with Gasteiger partial charge in [0.15, 0.2) is 0 Å². The maximum absolute atomic E-state index is 12.2. The third-order valence-corrected chi connectivity index (χ3v) is 2.10. The molecule has 0 fully saturated rings. The van der Waals surface area contributed by atoms with E-state index in [0.29, 0.717) is 5.82 Å². The second-order valence-electron chi connectivity index (χ2n) is 3.38. The third kappa shape index (κ3) is 3.42. The van der Waals surface area contributed by atoms with Crippen molar-refractivity contribution in [2.75, 3.05) is 5.32 Å². The van der Waals surface area contributed by atoms with Gasteiger partial charge >= 0.3 is 6.18 Å². The van der Waals surface area contributed by atoms with Gasteiger partial charge in [-0.3, -0.25) is 0 Å². The molecular weight excluding hydrogens is 205 g/mol. The summed E-state index contributed by atoms with van der Waals surface area (Å²) in [6.45, 7) is 3.93. The third-order valence-electron chi connectivity index (χ3n) is 2.10. The minimum Gasteiger partial charge on any atom is -0.368 e. The van der Waals surface area contributed by atoms with Gasteiger partial charge in [0.2, 0.25) is 0 Å². The summed E-state index contributed by atoms with van der Waals surface area (Å²) in [5.41, 5.74) is -0.725. The fourth-order valence-electron chi connectivity index (χ4n) is 1.00. The molecule has 0 saturated heterocycles. The summed E-state index contributed by atoms with van der Waals surface area (Å²) in [5.74, 6) is 0.470. The van der Waals surface area contributed by atoms with Gasteiger partial charge < -0.3 is 5.32 Å². The Kier molecular flexibility index (Phi) is 3.55. The number of pyridine rings is 1. The highest BCUT2D eigenvalue weighted by Gasteiger charge is 2.30. The SMILES string of the molecule is CC[C@H](C)Nc1ccc(C(F)(F)F)cn1. The first-order chi connectivity index (χ1) is 6.93. The van der Waals surface area contributed by atoms with Crippen LogP contribution in [0, 0.1) is 0 Å². The van der Waals surface area contributed by atoms with Gasteiger partial charge in [0.25, 0.3) is 0 Å². The van der Waals surface area contributed by atoms with Crippen molar-refractivity contribution in [3.63, 3.8) is 0 Å². The molecule has 0 aliphatic heterocycles. The highest BCUT2D eigenvalue weighted by atomic mass is 19.4. The van der Waals surface area contributed by atoms with E-state index in [1.807, 2.05) is 13.8 Å². The number of hydrogen-bond acceptors (Lipinski definition) is 2. The molecule has 15 heavy (non-hydrogen) atoms. The first-order valence-electron chi connectivity index (χ1n) is 4.73. The molecule has 0 radical (unpaired) electrons. The smallest absolute Gasteiger partial charge is 0.368 e. The quantitative estimate of drug-likeness (QED) is 0.841. The lowest BCUT2D eigenvalue weighted by molar-refractivity contribution is -0.137. The number of aromatic nitrogens is 1. The van der Waals surface area contributed by atoms with Crippen molar-refractivity contribution in [2.45, 2.75) is 32.5 Å². The zero-order valence-electron chi connectivity index (χ0n) is 8.60. The standard InChI is InChI=1S/C10H13F3N2/c1-3-7(2)15-9-5-4-8(6-14-9)10(11,12)13/h4-7H,3H2,1-2H3,(H,14,15)/t7-/m0/s1. The maximum atomic E-state index is 12.2. The van der Waals surface area contributed by atoms with Crippen molar-refractivity contribution >= 4 is 5.82 Å². The number of alkyl halides is 3. The first kappa shape index (κ1) is 11.8. The zero-order chi connectivity index (χ0) is 11.5. The van der Waals surface area contributed by atoms with Gasteiger partial charge in [0.05, 0.1) is 5.56 Å². The van der Waals surface area contributed by atoms with E-state index in [1.54, 1.807) is 0 Å². The van der Waals surface area contributed by atoms with Crippen LogP contribution in [0.25, 0.3) is 0 Å². The number of rotatable bonds is 3. The number of nitrogens with zero attached hydrogens (tertiary/aromatic N) is 1. The van der Waals surface area contributed by atoms with E-state index in [2.05, 4.69) is 10.3 Å². The molecule has 0 aromatic carbocycles. The van der Waals surface area contributed by atoms with E-state index in [4.69, 9.17) is 0 Å². The zero-order valence-corrected chi connectivity index (χ0v) is 8.60. The summed E-state index contributed by atoms with van der Waals surface area (Å²) in [5, 5.41) is 2.99. The molecule has 0 saturated carbocycles. The van der Waals surface area contributed by atoms with Crippen LogP contribution in [0.1, 0.15) is 25.8 Å². The molecule has 0 spiro atoms. The lowest BCUT2D eigenvalue weighted by atomic mass is 10.2. The molecule has 1 atom stereocenters. The predicted octanol–water partition coefficient (Wildman–Crippen LogP) is 3.31. The van der Waals surface area contributed by atoms with E-state index in [-0.39, 0.29) is 6.04 Å². The molecule has 1 heterocycles. The number of nitrogens with one attached hydrogen (secondary N) is 1. The Labute approximate surface area is 86.5 Å². The monoisotopic (exact) mass is 218 g/mol. The summed E-state index contributed by atoms with van der Waals surface area (Å²) < 4.78 is 36.6. The second kappa shape index (κ2) is 4.51. The summed E-state index contributed by atoms with van der Waals surface area (Å²) >= 11 is 0. The van der Waals surface area contributed by atoms with Crippen molar-refractivity contribution in [1.82, 2.24) is 4.98 Å². The summed E-state index contributed by atoms with van der Waals surface area (Å²) in [6, 6.07) is 2.57. The average Bonchev–Trinajstić information content (AvgIpc) is 2.17. The summed E-state index contributed by atoms with van der Waals surface area (Å²) in [4.78, 5) is 3.70. The molecule has 1 N–H and O–H groups in total. The van der Waals surface area contributed by atoms with E-state index in [9.17, 15) is 13.2 Å². The van der Waals surface area contributed by atoms with Gasteiger partial charge in [0.1, 0.15) is 5.82 Å². The van der Waals surface area contributed by atoms with Crippen molar-refractivity contribution in [1.29, 1.82) is 0 Å². The van der Waals surface area contributed by atoms with E-state index in [0.717, 1.165) is 18.7 Å². The van der Waals surface area contributed by atoms with Gasteiger partial charge in [0, 0.05) is 12.2 Å². The fraction of sp³-hybridized carbons (Fsp3) is 0.500. The molecule has 0 bridgehead atoms. The van der Waals surface area contributed by atoms with Crippen LogP contribution < -0.4 is 5.32 Å². The van der Waals surface area contributed by atoms with E-state index < -0.39 is 11.7 Å². The summed E-state index contributed by atoms with van der Waals surface area (Å²) in [7, 11) is 0. The van der Waals surface area contributed by atoms with Gasteiger partial charge in [-0.05, 0) is 25.5 Å². The second-order valence-corrected chi connectivity index (χ2v) is 3.38. The van der Waals surface area contributed by atoms with Crippen molar-refractivity contribution in [3.05, 3.63) is 23.9 Å². The van der Waals surface area contributed by atoms with Crippen LogP contribution in [-0.4, -0.2) is 11.0 Å².